The lowest BCUT2D eigenvalue weighted by molar-refractivity contribution is 0.574. The minimum absolute atomic E-state index is 0.750. The van der Waals surface area contributed by atoms with Gasteiger partial charge in [0.1, 0.15) is 0 Å². The Morgan fingerprint density at radius 2 is 2.20 bits per heavy atom. The first kappa shape index (κ1) is 9.76. The SMILES string of the molecule is Cc1c(N)cnn1CCc1ccnn1C. The molecule has 15 heavy (non-hydrogen) atoms. The highest BCUT2D eigenvalue weighted by molar-refractivity contribution is 5.39. The van der Waals surface area contributed by atoms with Gasteiger partial charge in [-0.2, -0.15) is 10.2 Å². The minimum atomic E-state index is 0.750. The molecule has 0 aromatic carbocycles. The maximum absolute atomic E-state index is 5.72. The zero-order chi connectivity index (χ0) is 10.8. The summed E-state index contributed by atoms with van der Waals surface area (Å²) in [5, 5.41) is 8.33. The molecule has 0 saturated carbocycles. The van der Waals surface area contributed by atoms with Gasteiger partial charge in [0.25, 0.3) is 0 Å². The lowest BCUT2D eigenvalue weighted by atomic mass is 10.3. The van der Waals surface area contributed by atoms with Crippen molar-refractivity contribution in [2.24, 2.45) is 7.05 Å². The van der Waals surface area contributed by atoms with Crippen LogP contribution in [0.5, 0.6) is 0 Å². The van der Waals surface area contributed by atoms with Crippen LogP contribution in [-0.2, 0) is 20.0 Å². The van der Waals surface area contributed by atoms with Gasteiger partial charge in [-0.1, -0.05) is 0 Å². The summed E-state index contributed by atoms with van der Waals surface area (Å²) < 4.78 is 3.80. The number of nitrogen functional groups attached to an aromatic ring is 1. The second-order valence-corrected chi connectivity index (χ2v) is 3.60. The van der Waals surface area contributed by atoms with Crippen molar-refractivity contribution in [1.82, 2.24) is 19.6 Å². The highest BCUT2D eigenvalue weighted by Crippen LogP contribution is 2.09. The molecule has 0 unspecified atom stereocenters. The van der Waals surface area contributed by atoms with Crippen molar-refractivity contribution in [1.29, 1.82) is 0 Å². The third-order valence-corrected chi connectivity index (χ3v) is 2.64. The lowest BCUT2D eigenvalue weighted by Gasteiger charge is -2.04. The molecule has 0 spiro atoms. The molecule has 80 valence electrons. The predicted molar refractivity (Wildman–Crippen MR) is 58.3 cm³/mol. The van der Waals surface area contributed by atoms with Crippen LogP contribution in [0.25, 0.3) is 0 Å². The molecule has 0 atom stereocenters. The summed E-state index contributed by atoms with van der Waals surface area (Å²) in [5.41, 5.74) is 8.69. The number of nitrogens with zero attached hydrogens (tertiary/aromatic N) is 4. The van der Waals surface area contributed by atoms with E-state index in [2.05, 4.69) is 10.2 Å². The largest absolute Gasteiger partial charge is 0.396 e. The van der Waals surface area contributed by atoms with Crippen molar-refractivity contribution >= 4 is 5.69 Å². The summed E-state index contributed by atoms with van der Waals surface area (Å²) in [6, 6.07) is 2.02. The molecule has 2 aromatic rings. The Morgan fingerprint density at radius 3 is 2.73 bits per heavy atom. The van der Waals surface area contributed by atoms with E-state index in [9.17, 15) is 0 Å². The normalized spacial score (nSPS) is 10.8. The van der Waals surface area contributed by atoms with Crippen molar-refractivity contribution in [2.45, 2.75) is 19.9 Å². The highest BCUT2D eigenvalue weighted by atomic mass is 15.3. The topological polar surface area (TPSA) is 61.7 Å². The lowest BCUT2D eigenvalue weighted by Crippen LogP contribution is -2.08. The van der Waals surface area contributed by atoms with E-state index >= 15 is 0 Å². The van der Waals surface area contributed by atoms with Gasteiger partial charge >= 0.3 is 0 Å². The molecule has 0 aliphatic carbocycles. The molecule has 2 heterocycles. The molecule has 0 aliphatic heterocycles. The standard InChI is InChI=1S/C10H15N5/c1-8-10(11)7-13-15(8)6-4-9-3-5-12-14(9)2/h3,5,7H,4,6,11H2,1-2H3. The Morgan fingerprint density at radius 1 is 1.40 bits per heavy atom. The van der Waals surface area contributed by atoms with Gasteiger partial charge in [0.2, 0.25) is 0 Å². The first-order valence-corrected chi connectivity index (χ1v) is 4.93. The van der Waals surface area contributed by atoms with Gasteiger partial charge in [-0.25, -0.2) is 0 Å². The summed E-state index contributed by atoms with van der Waals surface area (Å²) >= 11 is 0. The third-order valence-electron chi connectivity index (χ3n) is 2.64. The van der Waals surface area contributed by atoms with E-state index in [-0.39, 0.29) is 0 Å². The van der Waals surface area contributed by atoms with Crippen molar-refractivity contribution in [3.8, 4) is 0 Å². The maximum atomic E-state index is 5.72. The summed E-state index contributed by atoms with van der Waals surface area (Å²) in [6.07, 6.45) is 4.41. The van der Waals surface area contributed by atoms with E-state index in [4.69, 9.17) is 5.73 Å². The fourth-order valence-electron chi connectivity index (χ4n) is 1.55. The first-order chi connectivity index (χ1) is 7.18. The Bertz CT molecular complexity index is 454. The van der Waals surface area contributed by atoms with Crippen molar-refractivity contribution in [3.63, 3.8) is 0 Å². The van der Waals surface area contributed by atoms with E-state index < -0.39 is 0 Å². The van der Waals surface area contributed by atoms with E-state index in [1.165, 1.54) is 5.69 Å². The van der Waals surface area contributed by atoms with Crippen LogP contribution in [-0.4, -0.2) is 19.6 Å². The molecule has 0 fully saturated rings. The van der Waals surface area contributed by atoms with Crippen LogP contribution in [0, 0.1) is 6.92 Å². The monoisotopic (exact) mass is 205 g/mol. The first-order valence-electron chi connectivity index (χ1n) is 4.93. The zero-order valence-electron chi connectivity index (χ0n) is 9.01. The van der Waals surface area contributed by atoms with Crippen LogP contribution in [0.4, 0.5) is 5.69 Å². The predicted octanol–water partition coefficient (Wildman–Crippen LogP) is 0.750. The van der Waals surface area contributed by atoms with Gasteiger partial charge in [-0.05, 0) is 13.0 Å². The fraction of sp³-hybridized carbons (Fsp3) is 0.400. The van der Waals surface area contributed by atoms with Crippen LogP contribution in [0.15, 0.2) is 18.5 Å². The fourth-order valence-corrected chi connectivity index (χ4v) is 1.55. The molecule has 0 amide bonds. The van der Waals surface area contributed by atoms with E-state index in [1.54, 1.807) is 12.4 Å². The molecular formula is C10H15N5. The van der Waals surface area contributed by atoms with Crippen LogP contribution in [0.3, 0.4) is 0 Å². The maximum Gasteiger partial charge on any atom is 0.0730 e. The minimum Gasteiger partial charge on any atom is -0.396 e. The summed E-state index contributed by atoms with van der Waals surface area (Å²) in [7, 11) is 1.94. The number of rotatable bonds is 3. The molecule has 2 aromatic heterocycles. The van der Waals surface area contributed by atoms with Gasteiger partial charge in [-0.15, -0.1) is 0 Å². The Hall–Kier alpha value is -1.78. The van der Waals surface area contributed by atoms with Crippen LogP contribution in [0.2, 0.25) is 0 Å². The average Bonchev–Trinajstić information content (AvgIpc) is 2.74. The third kappa shape index (κ3) is 1.86. The number of nitrogens with two attached hydrogens (primary N) is 1. The zero-order valence-corrected chi connectivity index (χ0v) is 9.01. The van der Waals surface area contributed by atoms with E-state index in [0.29, 0.717) is 0 Å². The summed E-state index contributed by atoms with van der Waals surface area (Å²) in [4.78, 5) is 0. The van der Waals surface area contributed by atoms with Crippen LogP contribution in [0.1, 0.15) is 11.4 Å². The Balaban J connectivity index is 2.05. The van der Waals surface area contributed by atoms with Crippen molar-refractivity contribution in [2.75, 3.05) is 5.73 Å². The van der Waals surface area contributed by atoms with Gasteiger partial charge in [-0.3, -0.25) is 9.36 Å². The second kappa shape index (κ2) is 3.76. The highest BCUT2D eigenvalue weighted by Gasteiger charge is 2.04. The quantitative estimate of drug-likeness (QED) is 0.804. The Kier molecular flexibility index (Phi) is 2.45. The molecular weight excluding hydrogens is 190 g/mol. The van der Waals surface area contributed by atoms with E-state index in [1.807, 2.05) is 29.4 Å². The molecule has 0 aliphatic rings. The summed E-state index contributed by atoms with van der Waals surface area (Å²) in [6.45, 7) is 2.81. The van der Waals surface area contributed by atoms with Gasteiger partial charge in [0.15, 0.2) is 0 Å². The van der Waals surface area contributed by atoms with Crippen LogP contribution < -0.4 is 5.73 Å². The molecule has 0 saturated heterocycles. The molecule has 5 nitrogen and oxygen atoms in total. The van der Waals surface area contributed by atoms with Crippen molar-refractivity contribution < 1.29 is 0 Å². The second-order valence-electron chi connectivity index (χ2n) is 3.60. The number of hydrogen-bond donors (Lipinski definition) is 1. The molecule has 2 rings (SSSR count). The molecule has 2 N–H and O–H groups in total. The van der Waals surface area contributed by atoms with Gasteiger partial charge in [0.05, 0.1) is 17.6 Å². The number of aromatic nitrogens is 4. The Labute approximate surface area is 88.5 Å². The average molecular weight is 205 g/mol. The van der Waals surface area contributed by atoms with Gasteiger partial charge < -0.3 is 5.73 Å². The number of anilines is 1. The van der Waals surface area contributed by atoms with E-state index in [0.717, 1.165) is 24.3 Å². The summed E-state index contributed by atoms with van der Waals surface area (Å²) in [5.74, 6) is 0. The van der Waals surface area contributed by atoms with Crippen molar-refractivity contribution in [3.05, 3.63) is 29.8 Å². The molecule has 5 heteroatoms. The molecule has 0 bridgehead atoms. The van der Waals surface area contributed by atoms with Gasteiger partial charge in [0, 0.05) is 31.9 Å². The smallest absolute Gasteiger partial charge is 0.0730 e. The number of hydrogen-bond acceptors (Lipinski definition) is 3. The molecule has 0 radical (unpaired) electrons. The number of aryl methyl sites for hydroxylation is 3. The van der Waals surface area contributed by atoms with Crippen LogP contribution >= 0.6 is 0 Å².